The molecule has 0 saturated heterocycles. The van der Waals surface area contributed by atoms with Crippen LogP contribution in [0.2, 0.25) is 0 Å². The zero-order valence-corrected chi connectivity index (χ0v) is 42.6. The van der Waals surface area contributed by atoms with Gasteiger partial charge in [0.15, 0.2) is 0 Å². The summed E-state index contributed by atoms with van der Waals surface area (Å²) in [7, 11) is 0. The van der Waals surface area contributed by atoms with E-state index in [0.29, 0.717) is 0 Å². The molecule has 0 saturated carbocycles. The van der Waals surface area contributed by atoms with Gasteiger partial charge >= 0.3 is 0 Å². The number of anilines is 6. The first-order chi connectivity index (χ1) is 37.7. The number of thiophene rings is 2. The summed E-state index contributed by atoms with van der Waals surface area (Å²) in [5, 5.41) is 7.40. The van der Waals surface area contributed by atoms with Gasteiger partial charge in [-0.25, -0.2) is 0 Å². The molecule has 0 radical (unpaired) electrons. The lowest BCUT2D eigenvalue weighted by atomic mass is 9.53. The predicted octanol–water partition coefficient (Wildman–Crippen LogP) is 18.6. The number of rotatable bonds is 4. The maximum atomic E-state index is 2.62. The quantitative estimate of drug-likeness (QED) is 0.175. The van der Waals surface area contributed by atoms with E-state index in [0.717, 1.165) is 11.4 Å². The molecule has 4 nitrogen and oxygen atoms in total. The third-order valence-corrected chi connectivity index (χ3v) is 19.2. The second-order valence-corrected chi connectivity index (χ2v) is 22.4. The zero-order chi connectivity index (χ0) is 49.7. The van der Waals surface area contributed by atoms with E-state index in [9.17, 15) is 0 Å². The van der Waals surface area contributed by atoms with Gasteiger partial charge in [-0.05, 0) is 118 Å². The first-order valence-corrected chi connectivity index (χ1v) is 27.7. The Kier molecular flexibility index (Phi) is 8.70. The van der Waals surface area contributed by atoms with Gasteiger partial charge in [0, 0.05) is 42.7 Å². The molecule has 6 heteroatoms. The molecule has 3 aliphatic rings. The SMILES string of the molecule is c1ccc(N2c3ccccc3C3(c4ccccc42)c2cc(-n4c5ccccc5c5ccccc54)sc2C2(c4ccccc4N(c4ccccc4)c4ccccc42)c2cc(-n4c5ccccc5c5ccccc54)sc23)cc1. The summed E-state index contributed by atoms with van der Waals surface area (Å²) in [5.41, 5.74) is 17.9. The number of fused-ring (bicyclic) bond motifs is 20. The summed E-state index contributed by atoms with van der Waals surface area (Å²) >= 11 is 3.94. The van der Waals surface area contributed by atoms with Crippen molar-refractivity contribution in [2.45, 2.75) is 10.8 Å². The lowest BCUT2D eigenvalue weighted by molar-refractivity contribution is 0.633. The smallest absolute Gasteiger partial charge is 0.101 e. The maximum absolute atomic E-state index is 2.62. The van der Waals surface area contributed by atoms with E-state index in [1.807, 2.05) is 22.7 Å². The molecular weight excluding hydrogens is 961 g/mol. The van der Waals surface area contributed by atoms with Crippen molar-refractivity contribution in [1.29, 1.82) is 0 Å². The van der Waals surface area contributed by atoms with Crippen molar-refractivity contribution in [1.82, 2.24) is 9.13 Å². The van der Waals surface area contributed by atoms with Gasteiger partial charge in [0.2, 0.25) is 0 Å². The Morgan fingerprint density at radius 1 is 0.250 bits per heavy atom. The minimum atomic E-state index is -0.774. The van der Waals surface area contributed by atoms with Crippen LogP contribution in [0.5, 0.6) is 0 Å². The highest BCUT2D eigenvalue weighted by molar-refractivity contribution is 7.16. The molecule has 17 rings (SSSR count). The van der Waals surface area contributed by atoms with Crippen molar-refractivity contribution < 1.29 is 0 Å². The second-order valence-electron chi connectivity index (χ2n) is 20.3. The summed E-state index contributed by atoms with van der Waals surface area (Å²) in [4.78, 5) is 7.66. The van der Waals surface area contributed by atoms with Gasteiger partial charge in [-0.15, -0.1) is 22.7 Å². The van der Waals surface area contributed by atoms with Crippen molar-refractivity contribution in [3.63, 3.8) is 0 Å². The van der Waals surface area contributed by atoms with Gasteiger partial charge in [-0.2, -0.15) is 0 Å². The van der Waals surface area contributed by atoms with Gasteiger partial charge in [0.05, 0.1) is 55.6 Å². The Morgan fingerprint density at radius 3 is 0.829 bits per heavy atom. The number of para-hydroxylation sites is 10. The van der Waals surface area contributed by atoms with Crippen molar-refractivity contribution in [2.24, 2.45) is 0 Å². The Labute approximate surface area is 447 Å². The molecule has 2 spiro atoms. The molecular formula is C70H44N4S2. The lowest BCUT2D eigenvalue weighted by Gasteiger charge is -2.53. The average Bonchev–Trinajstić information content (AvgIpc) is 4.39. The number of hydrogen-bond acceptors (Lipinski definition) is 4. The fourth-order valence-electron chi connectivity index (χ4n) is 13.9. The highest BCUT2D eigenvalue weighted by Gasteiger charge is 2.61. The summed E-state index contributed by atoms with van der Waals surface area (Å²) in [6.45, 7) is 0. The van der Waals surface area contributed by atoms with Crippen LogP contribution in [0.4, 0.5) is 34.1 Å². The van der Waals surface area contributed by atoms with E-state index in [1.165, 1.54) is 119 Å². The average molecular weight is 1010 g/mol. The van der Waals surface area contributed by atoms with E-state index < -0.39 is 10.8 Å². The van der Waals surface area contributed by atoms with Gasteiger partial charge in [-0.3, -0.25) is 0 Å². The number of hydrogen-bond donors (Lipinski definition) is 0. The third-order valence-electron chi connectivity index (χ3n) is 16.8. The minimum absolute atomic E-state index is 0.774. The van der Waals surface area contributed by atoms with Crippen LogP contribution in [-0.4, -0.2) is 9.13 Å². The molecule has 0 bridgehead atoms. The van der Waals surface area contributed by atoms with E-state index in [1.54, 1.807) is 0 Å². The largest absolute Gasteiger partial charge is 0.310 e. The van der Waals surface area contributed by atoms with Gasteiger partial charge in [0.25, 0.3) is 0 Å². The maximum Gasteiger partial charge on any atom is 0.101 e. The van der Waals surface area contributed by atoms with E-state index in [-0.39, 0.29) is 0 Å². The number of nitrogens with zero attached hydrogens (tertiary/aromatic N) is 4. The highest BCUT2D eigenvalue weighted by atomic mass is 32.1. The molecule has 6 heterocycles. The molecule has 0 N–H and O–H groups in total. The van der Waals surface area contributed by atoms with Crippen LogP contribution in [0.3, 0.4) is 0 Å². The van der Waals surface area contributed by atoms with E-state index >= 15 is 0 Å². The molecule has 4 aromatic heterocycles. The molecule has 0 unspecified atom stereocenters. The topological polar surface area (TPSA) is 16.3 Å². The standard InChI is InChI=1S/C70H44N4S2/c1-3-23-45(24-4-1)71-61-39-19-11-31-51(61)69(52-32-12-20-40-62(52)71)55-43-65(73-57-35-15-7-27-47(57)48-28-8-16-36-58(48)73)76-68(55)70(53-33-13-21-41-63(53)72(46-25-5-2-6-26-46)64-42-22-14-34-54(64)70)56-44-66(75-67(56)69)74-59-37-17-9-29-49(59)50-30-10-18-38-60(50)74/h1-44H. The fraction of sp³-hybridized carbons (Fsp3) is 0.0286. The summed E-state index contributed by atoms with van der Waals surface area (Å²) in [6, 6.07) is 100. The first kappa shape index (κ1) is 42.2. The first-order valence-electron chi connectivity index (χ1n) is 26.1. The van der Waals surface area contributed by atoms with Crippen molar-refractivity contribution in [3.05, 3.63) is 310 Å². The Morgan fingerprint density at radius 2 is 0.513 bits per heavy atom. The fourth-order valence-corrected chi connectivity index (χ4v) is 16.9. The van der Waals surface area contributed by atoms with Crippen LogP contribution < -0.4 is 9.80 Å². The Balaban J connectivity index is 1.10. The monoisotopic (exact) mass is 1000 g/mol. The molecule has 0 amide bonds. The predicted molar refractivity (Wildman–Crippen MR) is 318 cm³/mol. The van der Waals surface area contributed by atoms with Crippen molar-refractivity contribution in [3.8, 4) is 10.0 Å². The molecule has 76 heavy (non-hydrogen) atoms. The van der Waals surface area contributed by atoms with Crippen LogP contribution in [0.25, 0.3) is 53.6 Å². The van der Waals surface area contributed by atoms with E-state index in [4.69, 9.17) is 0 Å². The van der Waals surface area contributed by atoms with Gasteiger partial charge in [0.1, 0.15) is 10.0 Å². The van der Waals surface area contributed by atoms with Crippen LogP contribution in [0.1, 0.15) is 43.1 Å². The summed E-state index contributed by atoms with van der Waals surface area (Å²) in [5.74, 6) is 0. The zero-order valence-electron chi connectivity index (χ0n) is 41.0. The summed E-state index contributed by atoms with van der Waals surface area (Å²) in [6.07, 6.45) is 0. The Hall–Kier alpha value is -9.20. The molecule has 10 aromatic carbocycles. The normalized spacial score (nSPS) is 14.5. The number of benzene rings is 10. The lowest BCUT2D eigenvalue weighted by Crippen LogP contribution is -2.47. The van der Waals surface area contributed by atoms with Crippen LogP contribution >= 0.6 is 22.7 Å². The Bertz CT molecular complexity index is 4140. The molecule has 1 aliphatic carbocycles. The molecule has 356 valence electrons. The van der Waals surface area contributed by atoms with Crippen molar-refractivity contribution >= 4 is 100 Å². The van der Waals surface area contributed by atoms with Gasteiger partial charge in [-0.1, -0.05) is 182 Å². The second kappa shape index (κ2) is 15.7. The van der Waals surface area contributed by atoms with Gasteiger partial charge < -0.3 is 18.9 Å². The molecule has 14 aromatic rings. The van der Waals surface area contributed by atoms with E-state index in [2.05, 4.69) is 286 Å². The minimum Gasteiger partial charge on any atom is -0.310 e. The highest BCUT2D eigenvalue weighted by Crippen LogP contribution is 2.71. The van der Waals surface area contributed by atoms with Crippen LogP contribution in [-0.2, 0) is 10.8 Å². The molecule has 0 atom stereocenters. The van der Waals surface area contributed by atoms with Crippen molar-refractivity contribution in [2.75, 3.05) is 9.80 Å². The summed E-state index contributed by atoms with van der Waals surface area (Å²) < 4.78 is 5.11. The van der Waals surface area contributed by atoms with Crippen LogP contribution in [0, 0.1) is 0 Å². The molecule has 2 aliphatic heterocycles. The molecule has 0 fully saturated rings. The number of aromatic nitrogens is 2. The van der Waals surface area contributed by atoms with Crippen LogP contribution in [0.15, 0.2) is 267 Å². The third kappa shape index (κ3) is 5.31.